The molecular weight excluding hydrogens is 480 g/mol. The van der Waals surface area contributed by atoms with Gasteiger partial charge in [-0.1, -0.05) is 61.2 Å². The summed E-state index contributed by atoms with van der Waals surface area (Å²) in [6, 6.07) is 18.0. The average Bonchev–Trinajstić information content (AvgIpc) is 3.33. The first-order valence-electron chi connectivity index (χ1n) is 13.0. The van der Waals surface area contributed by atoms with Crippen LogP contribution in [0.15, 0.2) is 59.5 Å². The van der Waals surface area contributed by atoms with Crippen molar-refractivity contribution in [1.29, 1.82) is 0 Å². The number of carbonyl (C=O) groups excluding carboxylic acids is 3. The molecule has 1 saturated heterocycles. The van der Waals surface area contributed by atoms with E-state index in [1.807, 2.05) is 39.0 Å². The van der Waals surface area contributed by atoms with Gasteiger partial charge in [-0.05, 0) is 86.7 Å². The minimum atomic E-state index is -0.419. The largest absolute Gasteiger partial charge is 0.318 e. The number of carbonyl (C=O) groups is 3. The number of hydrogen-bond donors (Lipinski definition) is 0. The third-order valence-electron chi connectivity index (χ3n) is 7.53. The minimum absolute atomic E-state index is 0.251. The van der Waals surface area contributed by atoms with Crippen LogP contribution in [0.1, 0.15) is 76.5 Å². The van der Waals surface area contributed by atoms with E-state index in [-0.39, 0.29) is 12.3 Å². The van der Waals surface area contributed by atoms with Crippen molar-refractivity contribution in [3.05, 3.63) is 93.1 Å². The van der Waals surface area contributed by atoms with Gasteiger partial charge in [0.15, 0.2) is 5.78 Å². The van der Waals surface area contributed by atoms with Gasteiger partial charge in [0.05, 0.1) is 11.4 Å². The van der Waals surface area contributed by atoms with E-state index in [4.69, 9.17) is 0 Å². The highest BCUT2D eigenvalue weighted by Crippen LogP contribution is 2.35. The number of ketones is 1. The lowest BCUT2D eigenvalue weighted by Crippen LogP contribution is -2.33. The minimum Gasteiger partial charge on any atom is -0.318 e. The van der Waals surface area contributed by atoms with Gasteiger partial charge in [-0.3, -0.25) is 19.3 Å². The topological polar surface area (TPSA) is 59.4 Å². The molecule has 0 N–H and O–H groups in total. The van der Waals surface area contributed by atoms with Crippen LogP contribution in [0, 0.1) is 20.8 Å². The number of amides is 2. The second-order valence-corrected chi connectivity index (χ2v) is 11.1. The summed E-state index contributed by atoms with van der Waals surface area (Å²) in [7, 11) is 0. The summed E-state index contributed by atoms with van der Waals surface area (Å²) in [4.78, 5) is 39.7. The van der Waals surface area contributed by atoms with Gasteiger partial charge in [0.25, 0.3) is 11.1 Å². The van der Waals surface area contributed by atoms with Crippen LogP contribution < -0.4 is 0 Å². The molecule has 6 heteroatoms. The number of nitrogens with zero attached hydrogens (tertiary/aromatic N) is 2. The zero-order valence-corrected chi connectivity index (χ0v) is 22.4. The third-order valence-corrected chi connectivity index (χ3v) is 8.44. The van der Waals surface area contributed by atoms with E-state index in [1.54, 1.807) is 18.2 Å². The van der Waals surface area contributed by atoms with Gasteiger partial charge in [-0.25, -0.2) is 0 Å². The predicted molar refractivity (Wildman–Crippen MR) is 149 cm³/mol. The van der Waals surface area contributed by atoms with Crippen molar-refractivity contribution in [2.75, 3.05) is 6.54 Å². The van der Waals surface area contributed by atoms with Gasteiger partial charge in [-0.2, -0.15) is 0 Å². The van der Waals surface area contributed by atoms with Gasteiger partial charge in [0.2, 0.25) is 0 Å². The summed E-state index contributed by atoms with van der Waals surface area (Å²) in [6.45, 7) is 5.76. The molecule has 2 aliphatic rings. The fourth-order valence-electron chi connectivity index (χ4n) is 5.41. The van der Waals surface area contributed by atoms with Crippen molar-refractivity contribution in [1.82, 2.24) is 9.47 Å². The Bertz CT molecular complexity index is 1380. The number of aryl methyl sites for hydroxylation is 2. The molecule has 0 atom stereocenters. The fraction of sp³-hybridized carbons (Fsp3) is 0.323. The van der Waals surface area contributed by atoms with E-state index in [0.717, 1.165) is 44.9 Å². The van der Waals surface area contributed by atoms with Crippen LogP contribution in [0.4, 0.5) is 4.79 Å². The summed E-state index contributed by atoms with van der Waals surface area (Å²) >= 11 is 0.891. The van der Waals surface area contributed by atoms with Crippen molar-refractivity contribution in [3.8, 4) is 5.69 Å². The molecular formula is C31H32N2O3S. The monoisotopic (exact) mass is 512 g/mol. The van der Waals surface area contributed by atoms with E-state index in [0.29, 0.717) is 16.4 Å². The Labute approximate surface area is 222 Å². The van der Waals surface area contributed by atoms with Gasteiger partial charge >= 0.3 is 0 Å². The first-order valence-corrected chi connectivity index (χ1v) is 13.8. The lowest BCUT2D eigenvalue weighted by molar-refractivity contribution is -0.122. The number of benzene rings is 2. The van der Waals surface area contributed by atoms with E-state index < -0.39 is 11.1 Å². The first-order chi connectivity index (χ1) is 17.8. The van der Waals surface area contributed by atoms with Crippen LogP contribution in [0.2, 0.25) is 0 Å². The zero-order chi connectivity index (χ0) is 26.1. The molecule has 2 amide bonds. The number of Topliss-reactive ketones (excluding diaryl/α,β-unsaturated/α-hetero) is 1. The Morgan fingerprint density at radius 3 is 2.30 bits per heavy atom. The number of thioether (sulfide) groups is 1. The van der Waals surface area contributed by atoms with Crippen molar-refractivity contribution in [3.63, 3.8) is 0 Å². The van der Waals surface area contributed by atoms with Crippen molar-refractivity contribution in [2.24, 2.45) is 0 Å². The van der Waals surface area contributed by atoms with Crippen LogP contribution >= 0.6 is 11.8 Å². The molecule has 37 heavy (non-hydrogen) atoms. The average molecular weight is 513 g/mol. The SMILES string of the molecule is Cc1ccc(C(=O)CN2C(=O)S/C(=C\c3cc(C)n(-c4ccc(C5CCCCC5)cc4)c3C)C2=O)cc1. The second-order valence-electron chi connectivity index (χ2n) is 10.1. The highest BCUT2D eigenvalue weighted by Gasteiger charge is 2.36. The highest BCUT2D eigenvalue weighted by molar-refractivity contribution is 8.18. The first kappa shape index (κ1) is 25.3. The third kappa shape index (κ3) is 5.21. The smallest absolute Gasteiger partial charge is 0.293 e. The predicted octanol–water partition coefficient (Wildman–Crippen LogP) is 7.37. The molecule has 5 rings (SSSR count). The Balaban J connectivity index is 1.34. The van der Waals surface area contributed by atoms with Gasteiger partial charge in [-0.15, -0.1) is 0 Å². The molecule has 2 aromatic carbocycles. The summed E-state index contributed by atoms with van der Waals surface area (Å²) < 4.78 is 2.18. The normalized spacial score (nSPS) is 17.7. The van der Waals surface area contributed by atoms with Crippen LogP contribution in [0.3, 0.4) is 0 Å². The molecule has 3 aromatic rings. The maximum Gasteiger partial charge on any atom is 0.293 e. The molecule has 1 aromatic heterocycles. The van der Waals surface area contributed by atoms with Crippen molar-refractivity contribution < 1.29 is 14.4 Å². The molecule has 1 aliphatic carbocycles. The molecule has 0 spiro atoms. The molecule has 2 fully saturated rings. The zero-order valence-electron chi connectivity index (χ0n) is 21.6. The van der Waals surface area contributed by atoms with E-state index >= 15 is 0 Å². The molecule has 190 valence electrons. The molecule has 2 heterocycles. The lowest BCUT2D eigenvalue weighted by Gasteiger charge is -2.22. The molecule has 0 bridgehead atoms. The Kier molecular flexibility index (Phi) is 7.20. The van der Waals surface area contributed by atoms with E-state index in [2.05, 4.69) is 28.8 Å². The van der Waals surface area contributed by atoms with Crippen molar-refractivity contribution in [2.45, 2.75) is 58.8 Å². The Morgan fingerprint density at radius 2 is 1.62 bits per heavy atom. The summed E-state index contributed by atoms with van der Waals surface area (Å²) in [5, 5.41) is -0.413. The maximum atomic E-state index is 13.1. The summed E-state index contributed by atoms with van der Waals surface area (Å²) in [5.41, 5.74) is 7.00. The number of imide groups is 1. The number of hydrogen-bond acceptors (Lipinski definition) is 4. The number of aromatic nitrogens is 1. The van der Waals surface area contributed by atoms with Gasteiger partial charge < -0.3 is 4.57 Å². The molecule has 0 radical (unpaired) electrons. The maximum absolute atomic E-state index is 13.1. The van der Waals surface area contributed by atoms with Gasteiger partial charge in [0, 0.05) is 22.6 Å². The van der Waals surface area contributed by atoms with E-state index in [9.17, 15) is 14.4 Å². The summed E-state index contributed by atoms with van der Waals surface area (Å²) in [6.07, 6.45) is 8.31. The number of rotatable bonds is 6. The molecule has 1 saturated carbocycles. The van der Waals surface area contributed by atoms with Crippen LogP contribution in [-0.4, -0.2) is 32.9 Å². The van der Waals surface area contributed by atoms with Crippen LogP contribution in [0.25, 0.3) is 11.8 Å². The van der Waals surface area contributed by atoms with Crippen LogP contribution in [0.5, 0.6) is 0 Å². The summed E-state index contributed by atoms with van der Waals surface area (Å²) in [5.74, 6) is -0.00535. The fourth-order valence-corrected chi connectivity index (χ4v) is 6.24. The second kappa shape index (κ2) is 10.5. The van der Waals surface area contributed by atoms with Crippen molar-refractivity contribution >= 4 is 34.8 Å². The Hall–Kier alpha value is -3.38. The lowest BCUT2D eigenvalue weighted by atomic mass is 9.84. The standard InChI is InChI=1S/C31H32N2O3S/c1-20-9-11-25(12-10-20)28(34)19-32-30(35)29(37-31(32)36)18-26-17-21(2)33(22(26)3)27-15-13-24(14-16-27)23-7-5-4-6-8-23/h9-18,23H,4-8,19H2,1-3H3/b29-18-. The van der Waals surface area contributed by atoms with E-state index in [1.165, 1.54) is 37.7 Å². The van der Waals surface area contributed by atoms with Crippen LogP contribution in [-0.2, 0) is 4.79 Å². The molecule has 1 aliphatic heterocycles. The molecule has 5 nitrogen and oxygen atoms in total. The quantitative estimate of drug-likeness (QED) is 0.256. The Morgan fingerprint density at radius 1 is 0.946 bits per heavy atom. The molecule has 0 unspecified atom stereocenters. The highest BCUT2D eigenvalue weighted by atomic mass is 32.2. The van der Waals surface area contributed by atoms with Gasteiger partial charge in [0.1, 0.15) is 0 Å².